The van der Waals surface area contributed by atoms with E-state index in [1.54, 1.807) is 11.1 Å². The van der Waals surface area contributed by atoms with E-state index in [9.17, 15) is 0 Å². The van der Waals surface area contributed by atoms with E-state index >= 15 is 0 Å². The van der Waals surface area contributed by atoms with Crippen molar-refractivity contribution in [2.24, 2.45) is 11.8 Å². The zero-order chi connectivity index (χ0) is 47.6. The van der Waals surface area contributed by atoms with Gasteiger partial charge in [-0.2, -0.15) is 0 Å². The smallest absolute Gasteiger partial charge is 0.333 e. The monoisotopic (exact) mass is 936 g/mol. The van der Waals surface area contributed by atoms with Crippen molar-refractivity contribution >= 4 is 106 Å². The quantitative estimate of drug-likeness (QED) is 0.130. The highest BCUT2D eigenvalue weighted by Crippen LogP contribution is 2.57. The van der Waals surface area contributed by atoms with Crippen molar-refractivity contribution in [3.63, 3.8) is 0 Å². The highest BCUT2D eigenvalue weighted by molar-refractivity contribution is 6.94. The van der Waals surface area contributed by atoms with Gasteiger partial charge in [0.15, 0.2) is 5.58 Å². The summed E-state index contributed by atoms with van der Waals surface area (Å²) >= 11 is 0. The van der Waals surface area contributed by atoms with Gasteiger partial charge in [0.2, 0.25) is 0 Å². The summed E-state index contributed by atoms with van der Waals surface area (Å²) in [6.07, 6.45) is 12.3. The number of rotatable bonds is 4. The molecule has 4 aliphatic carbocycles. The molecule has 346 valence electrons. The summed E-state index contributed by atoms with van der Waals surface area (Å²) in [5.74, 6) is 1.44. The highest BCUT2D eigenvalue weighted by Gasteiger charge is 2.49. The second kappa shape index (κ2) is 13.5. The third-order valence-electron chi connectivity index (χ3n) is 19.0. The van der Waals surface area contributed by atoms with Crippen LogP contribution >= 0.6 is 0 Å². The first kappa shape index (κ1) is 39.6. The Hall–Kier alpha value is -8.02. The number of hydrogen-bond donors (Lipinski definition) is 0. The van der Waals surface area contributed by atoms with Gasteiger partial charge in [0.1, 0.15) is 16.7 Å². The third kappa shape index (κ3) is 5.27. The van der Waals surface area contributed by atoms with Crippen LogP contribution < -0.4 is 15.7 Å². The number of fused-ring (bicyclic) bond motifs is 18. The van der Waals surface area contributed by atoms with Crippen molar-refractivity contribution in [1.82, 2.24) is 4.57 Å². The Bertz CT molecular complexity index is 4570. The van der Waals surface area contributed by atoms with Crippen LogP contribution in [-0.4, -0.2) is 11.4 Å². The summed E-state index contributed by atoms with van der Waals surface area (Å²) < 4.78 is 16.9. The molecule has 4 nitrogen and oxygen atoms in total. The van der Waals surface area contributed by atoms with Gasteiger partial charge in [0.05, 0.1) is 16.7 Å². The van der Waals surface area contributed by atoms with Crippen molar-refractivity contribution in [3.05, 3.63) is 198 Å². The molecule has 4 atom stereocenters. The normalized spacial score (nSPS) is 22.3. The molecule has 0 N–H and O–H groups in total. The maximum atomic E-state index is 7.30. The molecule has 2 saturated carbocycles. The maximum Gasteiger partial charge on any atom is 0.333 e. The molecule has 9 aromatic carbocycles. The van der Waals surface area contributed by atoms with Crippen LogP contribution in [0.5, 0.6) is 0 Å². The van der Waals surface area contributed by atoms with Gasteiger partial charge in [-0.25, -0.2) is 0 Å². The van der Waals surface area contributed by atoms with E-state index in [1.807, 2.05) is 0 Å². The Morgan fingerprint density at radius 2 is 1.26 bits per heavy atom. The molecule has 2 aliphatic heterocycles. The molecule has 5 heterocycles. The van der Waals surface area contributed by atoms with E-state index in [2.05, 4.69) is 199 Å². The first-order valence-corrected chi connectivity index (χ1v) is 26.7. The highest BCUT2D eigenvalue weighted by atomic mass is 16.3. The SMILES string of the molecule is CC1(c2ccc3c(c2)c2cc(C4(C)CC=C5CC5C4)cc4c2n3-c2c3c(cc5c2oc2ccccc25)-c2c(ccc5oc6cc7ccccc7cc6c25)N(c2ccc(-c5ccccc5)cc2)B34)CC=C2CC2C1. The van der Waals surface area contributed by atoms with Crippen LogP contribution in [-0.2, 0) is 10.8 Å². The van der Waals surface area contributed by atoms with E-state index in [0.29, 0.717) is 5.92 Å². The van der Waals surface area contributed by atoms with Crippen LogP contribution in [0, 0.1) is 11.8 Å². The molecule has 0 bridgehead atoms. The van der Waals surface area contributed by atoms with Gasteiger partial charge in [-0.15, -0.1) is 0 Å². The fourth-order valence-corrected chi connectivity index (χ4v) is 15.0. The Kier molecular flexibility index (Phi) is 7.33. The van der Waals surface area contributed by atoms with Gasteiger partial charge in [0.25, 0.3) is 0 Å². The number of anilines is 2. The second-order valence-corrected chi connectivity index (χ2v) is 23.3. The van der Waals surface area contributed by atoms with Crippen LogP contribution in [0.2, 0.25) is 0 Å². The number of furan rings is 2. The van der Waals surface area contributed by atoms with Crippen LogP contribution in [0.4, 0.5) is 11.4 Å². The minimum atomic E-state index is -0.179. The number of nitrogens with zero attached hydrogens (tertiary/aromatic N) is 2. The lowest BCUT2D eigenvalue weighted by molar-refractivity contribution is 0.407. The molecular weight excluding hydrogens is 888 g/mol. The van der Waals surface area contributed by atoms with E-state index in [4.69, 9.17) is 8.83 Å². The third-order valence-corrected chi connectivity index (χ3v) is 19.0. The Morgan fingerprint density at radius 3 is 2.05 bits per heavy atom. The van der Waals surface area contributed by atoms with Crippen molar-refractivity contribution < 1.29 is 8.83 Å². The van der Waals surface area contributed by atoms with Gasteiger partial charge in [0, 0.05) is 49.3 Å². The first-order valence-electron chi connectivity index (χ1n) is 26.7. The molecule has 73 heavy (non-hydrogen) atoms. The minimum Gasteiger partial charge on any atom is -0.456 e. The number of hydrogen-bond acceptors (Lipinski definition) is 3. The number of benzene rings is 9. The van der Waals surface area contributed by atoms with Crippen molar-refractivity contribution in [3.8, 4) is 27.9 Å². The largest absolute Gasteiger partial charge is 0.456 e. The average molecular weight is 937 g/mol. The summed E-state index contributed by atoms with van der Waals surface area (Å²) in [6, 6.07) is 62.1. The van der Waals surface area contributed by atoms with Crippen LogP contribution in [0.15, 0.2) is 196 Å². The number of aromatic nitrogens is 1. The predicted molar refractivity (Wildman–Crippen MR) is 303 cm³/mol. The van der Waals surface area contributed by atoms with Gasteiger partial charge < -0.3 is 18.2 Å². The van der Waals surface area contributed by atoms with Gasteiger partial charge in [-0.05, 0) is 177 Å². The summed E-state index contributed by atoms with van der Waals surface area (Å²) in [4.78, 5) is 2.69. The lowest BCUT2D eigenvalue weighted by Crippen LogP contribution is -2.61. The molecule has 0 radical (unpaired) electrons. The van der Waals surface area contributed by atoms with Crippen LogP contribution in [0.25, 0.3) is 104 Å². The van der Waals surface area contributed by atoms with Gasteiger partial charge in [-0.3, -0.25) is 0 Å². The predicted octanol–water partition coefficient (Wildman–Crippen LogP) is 16.6. The molecule has 0 spiro atoms. The Labute approximate surface area is 422 Å². The zero-order valence-electron chi connectivity index (χ0n) is 40.9. The average Bonchev–Trinajstić information content (AvgIpc) is 4.28. The summed E-state index contributed by atoms with van der Waals surface area (Å²) in [5, 5.41) is 9.64. The fraction of sp³-hybridized carbons (Fsp3) is 0.176. The second-order valence-electron chi connectivity index (χ2n) is 23.3. The Morgan fingerprint density at radius 1 is 0.548 bits per heavy atom. The summed E-state index contributed by atoms with van der Waals surface area (Å²) in [6.45, 7) is 4.90. The first-order chi connectivity index (χ1) is 35.8. The lowest BCUT2D eigenvalue weighted by atomic mass is 9.43. The minimum absolute atomic E-state index is 0.00902. The van der Waals surface area contributed by atoms with Crippen LogP contribution in [0.1, 0.15) is 63.5 Å². The van der Waals surface area contributed by atoms with Crippen molar-refractivity contribution in [2.45, 2.75) is 63.2 Å². The molecule has 12 aromatic rings. The molecule has 18 rings (SSSR count). The Balaban J connectivity index is 1.01. The fourth-order valence-electron chi connectivity index (χ4n) is 15.0. The standard InChI is InChI=1S/C68H49BN2O2/c1-67(26-24-42-28-44(42)36-67)46-18-21-56-50(32-46)51-33-47(68(2)27-25-43-29-45(43)37-68)34-55-64(51)70(56)65-63-54(35-52-49-14-8-9-15-58(49)73-66(52)65)61-57(71(69(55)63)48-19-16-39(17-20-48)38-10-4-3-5-11-38)22-23-59-62(61)53-30-40-12-6-7-13-41(40)31-60(53)72-59/h3-25,30-35,44-45H,26-29,36-37H2,1-2H3. The molecule has 0 saturated heterocycles. The van der Waals surface area contributed by atoms with Crippen molar-refractivity contribution in [2.75, 3.05) is 4.81 Å². The molecule has 4 unspecified atom stereocenters. The molecular formula is C68H49BN2O2. The van der Waals surface area contributed by atoms with Gasteiger partial charge in [-0.1, -0.05) is 134 Å². The molecule has 6 aliphatic rings. The van der Waals surface area contributed by atoms with Crippen molar-refractivity contribution in [1.29, 1.82) is 0 Å². The van der Waals surface area contributed by atoms with E-state index < -0.39 is 0 Å². The van der Waals surface area contributed by atoms with Gasteiger partial charge >= 0.3 is 6.85 Å². The maximum absolute atomic E-state index is 7.30. The molecule has 3 aromatic heterocycles. The number of allylic oxidation sites excluding steroid dienone is 4. The number of para-hydroxylation sites is 1. The molecule has 5 heteroatoms. The summed E-state index contributed by atoms with van der Waals surface area (Å²) in [5.41, 5.74) is 23.6. The van der Waals surface area contributed by atoms with Crippen LogP contribution in [0.3, 0.4) is 0 Å². The summed E-state index contributed by atoms with van der Waals surface area (Å²) in [7, 11) is 0. The topological polar surface area (TPSA) is 34.5 Å². The molecule has 0 amide bonds. The van der Waals surface area contributed by atoms with E-state index in [1.165, 1.54) is 108 Å². The van der Waals surface area contributed by atoms with E-state index in [0.717, 1.165) is 74.0 Å². The van der Waals surface area contributed by atoms with E-state index in [-0.39, 0.29) is 17.7 Å². The zero-order valence-corrected chi connectivity index (χ0v) is 40.9. The lowest BCUT2D eigenvalue weighted by Gasteiger charge is -2.43. The molecule has 2 fully saturated rings.